The number of pyridine rings is 1. The molecule has 2 rings (SSSR count). The van der Waals surface area contributed by atoms with Crippen molar-refractivity contribution in [2.75, 3.05) is 0 Å². The van der Waals surface area contributed by atoms with Gasteiger partial charge in [0.05, 0.1) is 0 Å². The summed E-state index contributed by atoms with van der Waals surface area (Å²) >= 11 is 0. The molecule has 0 N–H and O–H groups in total. The smallest absolute Gasteiger partial charge is 0.435 e. The Hall–Kier alpha value is -2.68. The van der Waals surface area contributed by atoms with Crippen LogP contribution in [0.1, 0.15) is 5.56 Å². The van der Waals surface area contributed by atoms with Gasteiger partial charge >= 0.3 is 6.36 Å². The summed E-state index contributed by atoms with van der Waals surface area (Å²) in [7, 11) is 0. The summed E-state index contributed by atoms with van der Waals surface area (Å²) in [6, 6.07) is 8.45. The molecule has 0 atom stereocenters. The van der Waals surface area contributed by atoms with Crippen molar-refractivity contribution in [2.45, 2.75) is 6.36 Å². The zero-order valence-corrected chi connectivity index (χ0v) is 10.0. The van der Waals surface area contributed by atoms with E-state index < -0.39 is 12.1 Å². The highest BCUT2D eigenvalue weighted by molar-refractivity contribution is 5.42. The molecular weight excluding hydrogens is 271 g/mol. The van der Waals surface area contributed by atoms with E-state index in [2.05, 4.69) is 15.6 Å². The van der Waals surface area contributed by atoms with Gasteiger partial charge in [0, 0.05) is 17.8 Å². The van der Waals surface area contributed by atoms with E-state index in [1.165, 1.54) is 30.5 Å². The maximum Gasteiger partial charge on any atom is 0.573 e. The van der Waals surface area contributed by atoms with Crippen LogP contribution in [0.4, 0.5) is 13.2 Å². The second kappa shape index (κ2) is 5.53. The first-order valence-electron chi connectivity index (χ1n) is 5.43. The van der Waals surface area contributed by atoms with Gasteiger partial charge in [0.15, 0.2) is 11.5 Å². The number of hydrogen-bond donors (Lipinski definition) is 0. The summed E-state index contributed by atoms with van der Waals surface area (Å²) in [5, 5.41) is 0. The third-order valence-corrected chi connectivity index (χ3v) is 2.19. The molecule has 0 spiro atoms. The Bertz CT molecular complexity index is 630. The maximum absolute atomic E-state index is 12.2. The van der Waals surface area contributed by atoms with E-state index in [4.69, 9.17) is 11.2 Å². The number of rotatable bonds is 3. The minimum Gasteiger partial charge on any atom is -0.435 e. The molecule has 3 nitrogen and oxygen atoms in total. The average molecular weight is 279 g/mol. The van der Waals surface area contributed by atoms with Crippen LogP contribution in [0.3, 0.4) is 0 Å². The zero-order valence-electron chi connectivity index (χ0n) is 10.0. The molecule has 0 aliphatic carbocycles. The van der Waals surface area contributed by atoms with Crippen LogP contribution in [0, 0.1) is 12.3 Å². The Balaban J connectivity index is 2.22. The van der Waals surface area contributed by atoms with Crippen molar-refractivity contribution in [3.8, 4) is 29.7 Å². The molecule has 2 aromatic rings. The quantitative estimate of drug-likeness (QED) is 0.802. The fourth-order valence-electron chi connectivity index (χ4n) is 1.38. The fraction of sp³-hybridized carbons (Fsp3) is 0.0714. The number of para-hydroxylation sites is 2. The lowest BCUT2D eigenvalue weighted by atomic mass is 10.3. The number of aromatic nitrogens is 1. The highest BCUT2D eigenvalue weighted by Crippen LogP contribution is 2.34. The second-order valence-corrected chi connectivity index (χ2v) is 3.63. The molecule has 6 heteroatoms. The molecule has 0 aliphatic heterocycles. The van der Waals surface area contributed by atoms with Gasteiger partial charge < -0.3 is 9.47 Å². The predicted molar refractivity (Wildman–Crippen MR) is 65.4 cm³/mol. The van der Waals surface area contributed by atoms with Crippen molar-refractivity contribution in [1.82, 2.24) is 4.98 Å². The Labute approximate surface area is 113 Å². The monoisotopic (exact) mass is 279 g/mol. The second-order valence-electron chi connectivity index (χ2n) is 3.63. The predicted octanol–water partition coefficient (Wildman–Crippen LogP) is 3.75. The van der Waals surface area contributed by atoms with Crippen LogP contribution < -0.4 is 9.47 Å². The van der Waals surface area contributed by atoms with Gasteiger partial charge in [-0.2, -0.15) is 0 Å². The summed E-state index contributed by atoms with van der Waals surface area (Å²) in [5.41, 5.74) is 0.539. The molecule has 1 aromatic carbocycles. The van der Waals surface area contributed by atoms with Gasteiger partial charge in [-0.15, -0.1) is 19.6 Å². The van der Waals surface area contributed by atoms with Crippen LogP contribution in [0.15, 0.2) is 42.6 Å². The molecule has 0 amide bonds. The number of halogens is 3. The normalized spacial score (nSPS) is 10.7. The van der Waals surface area contributed by atoms with Crippen molar-refractivity contribution < 1.29 is 22.6 Å². The van der Waals surface area contributed by atoms with E-state index in [1.807, 2.05) is 0 Å². The third-order valence-electron chi connectivity index (χ3n) is 2.19. The van der Waals surface area contributed by atoms with Crippen LogP contribution in [-0.4, -0.2) is 11.3 Å². The minimum absolute atomic E-state index is 0.0919. The van der Waals surface area contributed by atoms with E-state index in [-0.39, 0.29) is 11.6 Å². The summed E-state index contributed by atoms with van der Waals surface area (Å²) in [6.45, 7) is 0. The van der Waals surface area contributed by atoms with Crippen molar-refractivity contribution in [3.63, 3.8) is 0 Å². The van der Waals surface area contributed by atoms with Gasteiger partial charge in [-0.25, -0.2) is 4.98 Å². The third kappa shape index (κ3) is 3.65. The van der Waals surface area contributed by atoms with E-state index in [0.717, 1.165) is 6.07 Å². The number of alkyl halides is 3. The van der Waals surface area contributed by atoms with E-state index >= 15 is 0 Å². The largest absolute Gasteiger partial charge is 0.573 e. The van der Waals surface area contributed by atoms with E-state index in [0.29, 0.717) is 5.56 Å². The lowest BCUT2D eigenvalue weighted by molar-refractivity contribution is -0.275. The Morgan fingerprint density at radius 2 is 1.75 bits per heavy atom. The lowest BCUT2D eigenvalue weighted by Crippen LogP contribution is -2.17. The van der Waals surface area contributed by atoms with Gasteiger partial charge in [0.25, 0.3) is 0 Å². The number of nitrogens with zero attached hydrogens (tertiary/aromatic N) is 1. The van der Waals surface area contributed by atoms with Gasteiger partial charge in [-0.1, -0.05) is 18.1 Å². The molecule has 0 fully saturated rings. The number of terminal acetylenes is 1. The summed E-state index contributed by atoms with van der Waals surface area (Å²) < 4.78 is 45.8. The minimum atomic E-state index is -4.79. The van der Waals surface area contributed by atoms with Gasteiger partial charge in [0.2, 0.25) is 5.88 Å². The number of hydrogen-bond acceptors (Lipinski definition) is 3. The van der Waals surface area contributed by atoms with Crippen LogP contribution in [0.2, 0.25) is 0 Å². The number of benzene rings is 1. The summed E-state index contributed by atoms with van der Waals surface area (Å²) in [5.74, 6) is 1.95. The molecule has 1 aromatic heterocycles. The van der Waals surface area contributed by atoms with Crippen molar-refractivity contribution in [2.24, 2.45) is 0 Å². The molecule has 0 bridgehead atoms. The molecule has 0 unspecified atom stereocenters. The van der Waals surface area contributed by atoms with Gasteiger partial charge in [-0.3, -0.25) is 0 Å². The van der Waals surface area contributed by atoms with Crippen LogP contribution in [-0.2, 0) is 0 Å². The Kier molecular flexibility index (Phi) is 3.80. The first-order valence-corrected chi connectivity index (χ1v) is 5.43. The van der Waals surface area contributed by atoms with Crippen LogP contribution in [0.25, 0.3) is 0 Å². The van der Waals surface area contributed by atoms with Crippen molar-refractivity contribution in [1.29, 1.82) is 0 Å². The first kappa shape index (κ1) is 13.7. The van der Waals surface area contributed by atoms with Crippen molar-refractivity contribution >= 4 is 0 Å². The Morgan fingerprint density at radius 3 is 2.30 bits per heavy atom. The standard InChI is InChI=1S/C14H8F3NO2/c1-2-10-7-8-13(18-9-10)19-11-5-3-4-6-12(11)20-14(15,16)17/h1,3-9H. The topological polar surface area (TPSA) is 31.4 Å². The Morgan fingerprint density at radius 1 is 1.05 bits per heavy atom. The molecule has 102 valence electrons. The molecule has 0 aliphatic rings. The SMILES string of the molecule is C#Cc1ccc(Oc2ccccc2OC(F)(F)F)nc1. The number of ether oxygens (including phenoxy) is 2. The first-order chi connectivity index (χ1) is 9.48. The molecule has 0 saturated heterocycles. The van der Waals surface area contributed by atoms with Crippen molar-refractivity contribution in [3.05, 3.63) is 48.2 Å². The molecular formula is C14H8F3NO2. The molecule has 20 heavy (non-hydrogen) atoms. The fourth-order valence-corrected chi connectivity index (χ4v) is 1.38. The zero-order chi connectivity index (χ0) is 14.6. The van der Waals surface area contributed by atoms with E-state index in [1.54, 1.807) is 6.07 Å². The highest BCUT2D eigenvalue weighted by Gasteiger charge is 2.32. The molecule has 1 heterocycles. The van der Waals surface area contributed by atoms with E-state index in [9.17, 15) is 13.2 Å². The summed E-state index contributed by atoms with van der Waals surface area (Å²) in [6.07, 6.45) is 1.76. The summed E-state index contributed by atoms with van der Waals surface area (Å²) in [4.78, 5) is 3.88. The average Bonchev–Trinajstić information content (AvgIpc) is 2.40. The highest BCUT2D eigenvalue weighted by atomic mass is 19.4. The maximum atomic E-state index is 12.2. The molecule has 0 radical (unpaired) electrons. The van der Waals surface area contributed by atoms with Gasteiger partial charge in [-0.05, 0) is 18.2 Å². The van der Waals surface area contributed by atoms with Crippen LogP contribution >= 0.6 is 0 Å². The van der Waals surface area contributed by atoms with Crippen LogP contribution in [0.5, 0.6) is 17.4 Å². The molecule has 0 saturated carbocycles. The lowest BCUT2D eigenvalue weighted by Gasteiger charge is -2.13. The van der Waals surface area contributed by atoms with Gasteiger partial charge in [0.1, 0.15) is 0 Å².